The summed E-state index contributed by atoms with van der Waals surface area (Å²) in [5.74, 6) is 0. The van der Waals surface area contributed by atoms with Gasteiger partial charge in [0.05, 0.1) is 5.60 Å². The van der Waals surface area contributed by atoms with Crippen molar-refractivity contribution in [3.8, 4) is 0 Å². The molecule has 2 N–H and O–H groups in total. The van der Waals surface area contributed by atoms with Gasteiger partial charge >= 0.3 is 0 Å². The van der Waals surface area contributed by atoms with Crippen LogP contribution in [0.4, 0.5) is 0 Å². The second kappa shape index (κ2) is 6.06. The zero-order valence-corrected chi connectivity index (χ0v) is 10.7. The largest absolute Gasteiger partial charge is 0.389 e. The Hall–Kier alpha value is -0.800. The van der Waals surface area contributed by atoms with Crippen LogP contribution in [-0.4, -0.2) is 21.8 Å². The number of rotatable bonds is 7. The summed E-state index contributed by atoms with van der Waals surface area (Å²) in [6.07, 6.45) is 6.08. The molecule has 1 aromatic rings. The van der Waals surface area contributed by atoms with E-state index in [-0.39, 0.29) is 0 Å². The Labute approximate surface area is 98.5 Å². The molecule has 1 aromatic heterocycles. The molecule has 0 saturated carbocycles. The van der Waals surface area contributed by atoms with Crippen LogP contribution in [0.15, 0.2) is 18.5 Å². The Kier molecular flexibility index (Phi) is 5.03. The molecule has 16 heavy (non-hydrogen) atoms. The van der Waals surface area contributed by atoms with Crippen molar-refractivity contribution in [3.63, 3.8) is 0 Å². The molecule has 0 spiro atoms. The van der Waals surface area contributed by atoms with Crippen LogP contribution in [0.1, 0.15) is 39.2 Å². The van der Waals surface area contributed by atoms with Crippen molar-refractivity contribution in [1.82, 2.24) is 9.88 Å². The van der Waals surface area contributed by atoms with Crippen LogP contribution in [0, 0.1) is 0 Å². The van der Waals surface area contributed by atoms with E-state index < -0.39 is 5.60 Å². The van der Waals surface area contributed by atoms with Crippen LogP contribution >= 0.6 is 0 Å². The molecule has 0 saturated heterocycles. The zero-order chi connectivity index (χ0) is 12.0. The molecule has 0 bridgehead atoms. The van der Waals surface area contributed by atoms with Crippen molar-refractivity contribution in [3.05, 3.63) is 24.0 Å². The summed E-state index contributed by atoms with van der Waals surface area (Å²) in [4.78, 5) is 0. The number of nitrogens with zero attached hydrogens (tertiary/aromatic N) is 1. The van der Waals surface area contributed by atoms with E-state index in [0.29, 0.717) is 6.54 Å². The first kappa shape index (κ1) is 13.3. The molecular formula is C13H24N2O. The third kappa shape index (κ3) is 4.37. The van der Waals surface area contributed by atoms with E-state index in [4.69, 9.17) is 0 Å². The third-order valence-electron chi connectivity index (χ3n) is 2.80. The Bertz CT molecular complexity index is 305. The van der Waals surface area contributed by atoms with Gasteiger partial charge in [-0.2, -0.15) is 0 Å². The fraction of sp³-hybridized carbons (Fsp3) is 0.692. The molecule has 1 unspecified atom stereocenters. The number of hydrogen-bond acceptors (Lipinski definition) is 2. The number of hydrogen-bond donors (Lipinski definition) is 2. The highest BCUT2D eigenvalue weighted by atomic mass is 16.3. The quantitative estimate of drug-likeness (QED) is 0.744. The van der Waals surface area contributed by atoms with Crippen LogP contribution < -0.4 is 5.32 Å². The van der Waals surface area contributed by atoms with Crippen LogP contribution in [0.25, 0.3) is 0 Å². The third-order valence-corrected chi connectivity index (χ3v) is 2.80. The molecule has 0 amide bonds. The molecule has 3 heteroatoms. The SMILES string of the molecule is CCCC(C)(O)CNCc1ccn(CC)c1. The Morgan fingerprint density at radius 2 is 2.19 bits per heavy atom. The van der Waals surface area contributed by atoms with Gasteiger partial charge in [0, 0.05) is 32.0 Å². The lowest BCUT2D eigenvalue weighted by Crippen LogP contribution is -2.37. The van der Waals surface area contributed by atoms with Gasteiger partial charge in [-0.05, 0) is 31.9 Å². The summed E-state index contributed by atoms with van der Waals surface area (Å²) in [6, 6.07) is 2.12. The number of aryl methyl sites for hydroxylation is 1. The van der Waals surface area contributed by atoms with Crippen molar-refractivity contribution in [1.29, 1.82) is 0 Å². The average Bonchev–Trinajstić information content (AvgIpc) is 2.65. The molecule has 3 nitrogen and oxygen atoms in total. The summed E-state index contributed by atoms with van der Waals surface area (Å²) < 4.78 is 2.15. The fourth-order valence-electron chi connectivity index (χ4n) is 1.89. The van der Waals surface area contributed by atoms with Gasteiger partial charge in [-0.25, -0.2) is 0 Å². The van der Waals surface area contributed by atoms with Gasteiger partial charge in [0.1, 0.15) is 0 Å². The summed E-state index contributed by atoms with van der Waals surface area (Å²) in [6.45, 7) is 8.60. The predicted octanol–water partition coefficient (Wildman–Crippen LogP) is 2.15. The topological polar surface area (TPSA) is 37.2 Å². The molecule has 1 rings (SSSR count). The first-order valence-electron chi connectivity index (χ1n) is 6.15. The lowest BCUT2D eigenvalue weighted by Gasteiger charge is -2.22. The minimum atomic E-state index is -0.581. The second-order valence-corrected chi connectivity index (χ2v) is 4.70. The zero-order valence-electron chi connectivity index (χ0n) is 10.7. The summed E-state index contributed by atoms with van der Waals surface area (Å²) in [5.41, 5.74) is 0.691. The molecule has 0 radical (unpaired) electrons. The van der Waals surface area contributed by atoms with E-state index in [1.54, 1.807) is 0 Å². The first-order chi connectivity index (χ1) is 7.57. The van der Waals surface area contributed by atoms with Crippen molar-refractivity contribution < 1.29 is 5.11 Å². The molecule has 0 aromatic carbocycles. The summed E-state index contributed by atoms with van der Waals surface area (Å²) in [5, 5.41) is 13.3. The maximum atomic E-state index is 9.98. The minimum Gasteiger partial charge on any atom is -0.389 e. The van der Waals surface area contributed by atoms with Crippen LogP contribution in [0.3, 0.4) is 0 Å². The Balaban J connectivity index is 2.29. The van der Waals surface area contributed by atoms with E-state index in [1.807, 2.05) is 6.92 Å². The van der Waals surface area contributed by atoms with Gasteiger partial charge < -0.3 is 15.0 Å². The van der Waals surface area contributed by atoms with Crippen molar-refractivity contribution in [2.75, 3.05) is 6.54 Å². The van der Waals surface area contributed by atoms with Crippen LogP contribution in [0.2, 0.25) is 0 Å². The highest BCUT2D eigenvalue weighted by molar-refractivity contribution is 5.09. The van der Waals surface area contributed by atoms with E-state index >= 15 is 0 Å². The molecule has 92 valence electrons. The maximum Gasteiger partial charge on any atom is 0.0743 e. The van der Waals surface area contributed by atoms with Gasteiger partial charge in [0.2, 0.25) is 0 Å². The van der Waals surface area contributed by atoms with E-state index in [2.05, 4.69) is 42.2 Å². The molecule has 1 heterocycles. The summed E-state index contributed by atoms with van der Waals surface area (Å²) >= 11 is 0. The van der Waals surface area contributed by atoms with Gasteiger partial charge in [-0.1, -0.05) is 13.3 Å². The lowest BCUT2D eigenvalue weighted by molar-refractivity contribution is 0.0498. The highest BCUT2D eigenvalue weighted by Gasteiger charge is 2.17. The molecule has 0 aliphatic rings. The average molecular weight is 224 g/mol. The monoisotopic (exact) mass is 224 g/mol. The Morgan fingerprint density at radius 3 is 2.75 bits per heavy atom. The Morgan fingerprint density at radius 1 is 1.44 bits per heavy atom. The predicted molar refractivity (Wildman–Crippen MR) is 67.3 cm³/mol. The number of aliphatic hydroxyl groups is 1. The van der Waals surface area contributed by atoms with E-state index in [1.165, 1.54) is 5.56 Å². The molecular weight excluding hydrogens is 200 g/mol. The molecule has 0 aliphatic carbocycles. The smallest absolute Gasteiger partial charge is 0.0743 e. The molecule has 0 fully saturated rings. The van der Waals surface area contributed by atoms with Crippen LogP contribution in [-0.2, 0) is 13.1 Å². The van der Waals surface area contributed by atoms with E-state index in [9.17, 15) is 5.11 Å². The maximum absolute atomic E-state index is 9.98. The number of aromatic nitrogens is 1. The van der Waals surface area contributed by atoms with Gasteiger partial charge in [0.25, 0.3) is 0 Å². The van der Waals surface area contributed by atoms with E-state index in [0.717, 1.165) is 25.9 Å². The van der Waals surface area contributed by atoms with Gasteiger partial charge in [0.15, 0.2) is 0 Å². The molecule has 1 atom stereocenters. The van der Waals surface area contributed by atoms with Gasteiger partial charge in [-0.3, -0.25) is 0 Å². The van der Waals surface area contributed by atoms with Crippen molar-refractivity contribution in [2.45, 2.75) is 52.3 Å². The van der Waals surface area contributed by atoms with Crippen molar-refractivity contribution >= 4 is 0 Å². The normalized spacial score (nSPS) is 15.0. The summed E-state index contributed by atoms with van der Waals surface area (Å²) in [7, 11) is 0. The lowest BCUT2D eigenvalue weighted by atomic mass is 10.0. The van der Waals surface area contributed by atoms with Gasteiger partial charge in [-0.15, -0.1) is 0 Å². The number of nitrogens with one attached hydrogen (secondary N) is 1. The molecule has 0 aliphatic heterocycles. The minimum absolute atomic E-state index is 0.581. The first-order valence-corrected chi connectivity index (χ1v) is 6.15. The highest BCUT2D eigenvalue weighted by Crippen LogP contribution is 2.10. The van der Waals surface area contributed by atoms with Crippen LogP contribution in [0.5, 0.6) is 0 Å². The fourth-order valence-corrected chi connectivity index (χ4v) is 1.89. The standard InChI is InChI=1S/C13H24N2O/c1-4-7-13(3,16)11-14-9-12-6-8-15(5-2)10-12/h6,8,10,14,16H,4-5,7,9,11H2,1-3H3. The second-order valence-electron chi connectivity index (χ2n) is 4.70. The van der Waals surface area contributed by atoms with Crippen molar-refractivity contribution in [2.24, 2.45) is 0 Å².